The van der Waals surface area contributed by atoms with Crippen LogP contribution in [-0.4, -0.2) is 35.5 Å². The molecule has 1 saturated heterocycles. The van der Waals surface area contributed by atoms with E-state index in [2.05, 4.69) is 15.5 Å². The molecule has 0 saturated carbocycles. The van der Waals surface area contributed by atoms with E-state index in [1.54, 1.807) is 30.3 Å². The molecule has 7 nitrogen and oxygen atoms in total. The van der Waals surface area contributed by atoms with Crippen molar-refractivity contribution in [1.82, 2.24) is 9.88 Å². The highest BCUT2D eigenvalue weighted by Gasteiger charge is 2.36. The number of anilines is 2. The maximum Gasteiger partial charge on any atom is 0.416 e. The number of benzene rings is 2. The molecule has 1 fully saturated rings. The number of piperidine rings is 1. The number of halogens is 3. The number of carbonyl (C=O) groups excluding carboxylic acids is 2. The average Bonchev–Trinajstić information content (AvgIpc) is 2.93. The van der Waals surface area contributed by atoms with E-state index in [1.807, 2.05) is 24.5 Å². The lowest BCUT2D eigenvalue weighted by Gasteiger charge is -2.44. The van der Waals surface area contributed by atoms with Crippen molar-refractivity contribution in [2.75, 3.05) is 23.3 Å². The number of pyridine rings is 1. The second-order valence-corrected chi connectivity index (χ2v) is 10.7. The third-order valence-electron chi connectivity index (χ3n) is 7.77. The smallest absolute Gasteiger partial charge is 0.369 e. The number of amides is 2. The molecule has 0 radical (unpaired) electrons. The molecule has 1 aromatic heterocycles. The molecule has 0 aliphatic carbocycles. The summed E-state index contributed by atoms with van der Waals surface area (Å²) in [5.41, 5.74) is 1.22. The maximum atomic E-state index is 13.3. The first-order valence-electron chi connectivity index (χ1n) is 13.4. The Kier molecular flexibility index (Phi) is 7.44. The quantitative estimate of drug-likeness (QED) is 0.437. The van der Waals surface area contributed by atoms with Crippen molar-refractivity contribution >= 4 is 23.2 Å². The zero-order valence-corrected chi connectivity index (χ0v) is 22.3. The number of fused-ring (bicyclic) bond motifs is 4. The van der Waals surface area contributed by atoms with Crippen LogP contribution in [0.4, 0.5) is 24.5 Å². The van der Waals surface area contributed by atoms with Gasteiger partial charge in [0.05, 0.1) is 16.9 Å². The van der Waals surface area contributed by atoms with Crippen LogP contribution in [0.3, 0.4) is 0 Å². The summed E-state index contributed by atoms with van der Waals surface area (Å²) in [6.45, 7) is 5.64. The van der Waals surface area contributed by atoms with Gasteiger partial charge < -0.3 is 20.1 Å². The van der Waals surface area contributed by atoms with Crippen LogP contribution < -0.4 is 21.1 Å². The normalized spacial score (nSPS) is 19.0. The first-order chi connectivity index (χ1) is 19.0. The van der Waals surface area contributed by atoms with Gasteiger partial charge >= 0.3 is 6.18 Å². The van der Waals surface area contributed by atoms with Crippen LogP contribution in [0, 0.1) is 5.92 Å². The molecule has 3 unspecified atom stereocenters. The predicted octanol–water partition coefficient (Wildman–Crippen LogP) is 5.27. The summed E-state index contributed by atoms with van der Waals surface area (Å²) in [6.07, 6.45) is -2.91. The van der Waals surface area contributed by atoms with E-state index in [9.17, 15) is 27.6 Å². The average molecular weight is 553 g/mol. The molecule has 3 heterocycles. The van der Waals surface area contributed by atoms with Crippen molar-refractivity contribution in [2.24, 2.45) is 5.92 Å². The molecule has 2 aliphatic heterocycles. The monoisotopic (exact) mass is 552 g/mol. The number of aromatic nitrogens is 1. The first kappa shape index (κ1) is 27.5. The lowest BCUT2D eigenvalue weighted by Crippen LogP contribution is -2.47. The van der Waals surface area contributed by atoms with Gasteiger partial charge in [0.1, 0.15) is 0 Å². The molecule has 40 heavy (non-hydrogen) atoms. The number of alkyl halides is 3. The SMILES string of the molecule is CCC(C)NC(=O)c1ccc(N2CC3CC(C2)c2cccc(=O)n2C3)c(NC(=O)c2cccc(C(F)(F)F)c2)c1. The number of nitrogens with zero attached hydrogens (tertiary/aromatic N) is 2. The van der Waals surface area contributed by atoms with E-state index in [-0.39, 0.29) is 34.9 Å². The van der Waals surface area contributed by atoms with Gasteiger partial charge in [-0.2, -0.15) is 13.2 Å². The van der Waals surface area contributed by atoms with Crippen LogP contribution in [0.5, 0.6) is 0 Å². The summed E-state index contributed by atoms with van der Waals surface area (Å²) >= 11 is 0. The van der Waals surface area contributed by atoms with Gasteiger partial charge in [-0.1, -0.05) is 19.1 Å². The van der Waals surface area contributed by atoms with Crippen LogP contribution in [0.15, 0.2) is 65.5 Å². The fraction of sp³-hybridized carbons (Fsp3) is 0.367. The summed E-state index contributed by atoms with van der Waals surface area (Å²) in [5, 5.41) is 5.68. The minimum absolute atomic E-state index is 0.0219. The summed E-state index contributed by atoms with van der Waals surface area (Å²) in [7, 11) is 0. The number of rotatable bonds is 6. The van der Waals surface area contributed by atoms with Crippen molar-refractivity contribution < 1.29 is 22.8 Å². The molecule has 2 N–H and O–H groups in total. The lowest BCUT2D eigenvalue weighted by molar-refractivity contribution is -0.137. The molecular weight excluding hydrogens is 521 g/mol. The largest absolute Gasteiger partial charge is 0.416 e. The van der Waals surface area contributed by atoms with E-state index in [0.29, 0.717) is 36.6 Å². The minimum atomic E-state index is -4.58. The van der Waals surface area contributed by atoms with Crippen molar-refractivity contribution in [3.05, 3.63) is 93.4 Å². The van der Waals surface area contributed by atoms with Gasteiger partial charge in [-0.05, 0) is 68.1 Å². The molecule has 210 valence electrons. The van der Waals surface area contributed by atoms with Crippen LogP contribution >= 0.6 is 0 Å². The molecule has 3 atom stereocenters. The van der Waals surface area contributed by atoms with E-state index >= 15 is 0 Å². The van der Waals surface area contributed by atoms with Gasteiger partial charge in [0.25, 0.3) is 17.4 Å². The third-order valence-corrected chi connectivity index (χ3v) is 7.77. The van der Waals surface area contributed by atoms with Crippen LogP contribution in [0.25, 0.3) is 0 Å². The summed E-state index contributed by atoms with van der Waals surface area (Å²) < 4.78 is 41.7. The molecule has 3 aromatic rings. The Balaban J connectivity index is 1.48. The number of nitrogens with one attached hydrogen (secondary N) is 2. The summed E-state index contributed by atoms with van der Waals surface area (Å²) in [5.74, 6) is -0.714. The van der Waals surface area contributed by atoms with E-state index in [0.717, 1.165) is 30.7 Å². The van der Waals surface area contributed by atoms with Gasteiger partial charge in [0.15, 0.2) is 0 Å². The molecular formula is C30H31F3N4O3. The second-order valence-electron chi connectivity index (χ2n) is 10.7. The number of hydrogen-bond donors (Lipinski definition) is 2. The second kappa shape index (κ2) is 10.8. The Morgan fingerprint density at radius 3 is 2.48 bits per heavy atom. The molecule has 10 heteroatoms. The predicted molar refractivity (Wildman–Crippen MR) is 147 cm³/mol. The fourth-order valence-electron chi connectivity index (χ4n) is 5.59. The minimum Gasteiger partial charge on any atom is -0.369 e. The Labute approximate surface area is 230 Å². The van der Waals surface area contributed by atoms with Crippen LogP contribution in [0.2, 0.25) is 0 Å². The standard InChI is InChI=1S/C30H31F3N4O3/c1-3-18(2)34-28(39)21-10-11-26(24(14-21)35-29(40)20-6-4-7-23(13-20)30(31,32)33)36-15-19-12-22(17-36)25-8-5-9-27(38)37(25)16-19/h4-11,13-14,18-19,22H,3,12,15-17H2,1-2H3,(H,34,39)(H,35,40). The topological polar surface area (TPSA) is 83.4 Å². The molecule has 5 rings (SSSR count). The van der Waals surface area contributed by atoms with Crippen molar-refractivity contribution in [1.29, 1.82) is 0 Å². The Morgan fingerprint density at radius 1 is 0.975 bits per heavy atom. The van der Waals surface area contributed by atoms with Crippen LogP contribution in [0.1, 0.15) is 64.6 Å². The van der Waals surface area contributed by atoms with E-state index in [4.69, 9.17) is 0 Å². The van der Waals surface area contributed by atoms with Gasteiger partial charge in [-0.15, -0.1) is 0 Å². The van der Waals surface area contributed by atoms with E-state index < -0.39 is 17.6 Å². The maximum absolute atomic E-state index is 13.3. The summed E-state index contributed by atoms with van der Waals surface area (Å²) in [4.78, 5) is 40.7. The highest BCUT2D eigenvalue weighted by atomic mass is 19.4. The van der Waals surface area contributed by atoms with Gasteiger partial charge in [0.2, 0.25) is 0 Å². The van der Waals surface area contributed by atoms with Crippen LogP contribution in [-0.2, 0) is 12.7 Å². The summed E-state index contributed by atoms with van der Waals surface area (Å²) in [6, 6.07) is 14.5. The number of hydrogen-bond acceptors (Lipinski definition) is 4. The van der Waals surface area contributed by atoms with Gasteiger partial charge in [0, 0.05) is 54.5 Å². The Bertz CT molecular complexity index is 1500. The van der Waals surface area contributed by atoms with E-state index in [1.165, 1.54) is 12.1 Å². The lowest BCUT2D eigenvalue weighted by atomic mass is 9.83. The molecule has 2 aromatic carbocycles. The molecule has 2 aliphatic rings. The fourth-order valence-corrected chi connectivity index (χ4v) is 5.59. The zero-order chi connectivity index (χ0) is 28.6. The Hall–Kier alpha value is -4.08. The highest BCUT2D eigenvalue weighted by molar-refractivity contribution is 6.07. The zero-order valence-electron chi connectivity index (χ0n) is 22.3. The van der Waals surface area contributed by atoms with Gasteiger partial charge in [-0.3, -0.25) is 14.4 Å². The van der Waals surface area contributed by atoms with Crippen molar-refractivity contribution in [3.8, 4) is 0 Å². The van der Waals surface area contributed by atoms with Crippen molar-refractivity contribution in [3.63, 3.8) is 0 Å². The number of carbonyl (C=O) groups is 2. The van der Waals surface area contributed by atoms with Gasteiger partial charge in [-0.25, -0.2) is 0 Å². The first-order valence-corrected chi connectivity index (χ1v) is 13.4. The Morgan fingerprint density at radius 2 is 1.73 bits per heavy atom. The van der Waals surface area contributed by atoms with Crippen molar-refractivity contribution in [2.45, 2.75) is 51.4 Å². The third kappa shape index (κ3) is 5.61. The molecule has 2 bridgehead atoms. The highest BCUT2D eigenvalue weighted by Crippen LogP contribution is 2.39. The molecule has 0 spiro atoms. The molecule has 2 amide bonds.